The lowest BCUT2D eigenvalue weighted by Gasteiger charge is -2.26. The fourth-order valence-corrected chi connectivity index (χ4v) is 8.06. The van der Waals surface area contributed by atoms with Crippen molar-refractivity contribution in [3.63, 3.8) is 0 Å². The van der Waals surface area contributed by atoms with E-state index in [1.807, 2.05) is 102 Å². The number of nitrogens with zero attached hydrogens (tertiary/aromatic N) is 2. The second kappa shape index (κ2) is 16.0. The van der Waals surface area contributed by atoms with Gasteiger partial charge in [-0.2, -0.15) is 0 Å². The second-order valence-electron chi connectivity index (χ2n) is 14.9. The van der Waals surface area contributed by atoms with E-state index in [1.54, 1.807) is 36.4 Å². The maximum atomic E-state index is 8.74. The minimum atomic E-state index is -2.94. The monoisotopic (exact) mass is 794 g/mol. The molecule has 2 heterocycles. The predicted molar refractivity (Wildman–Crippen MR) is 254 cm³/mol. The largest absolute Gasteiger partial charge is 0.457 e. The van der Waals surface area contributed by atoms with E-state index in [4.69, 9.17) is 17.9 Å². The molecule has 294 valence electrons. The number of aromatic nitrogens is 2. The van der Waals surface area contributed by atoms with Gasteiger partial charge in [0.05, 0.1) is 28.1 Å². The quantitative estimate of drug-likeness (QED) is 0.137. The van der Waals surface area contributed by atoms with Crippen molar-refractivity contribution >= 4 is 44.6 Å². The second-order valence-corrected chi connectivity index (χ2v) is 14.9. The van der Waals surface area contributed by atoms with Gasteiger partial charge in [0.2, 0.25) is 0 Å². The van der Waals surface area contributed by atoms with E-state index >= 15 is 0 Å². The van der Waals surface area contributed by atoms with Crippen LogP contribution in [0.5, 0.6) is 11.5 Å². The Kier molecular flexibility index (Phi) is 8.18. The van der Waals surface area contributed by atoms with Gasteiger partial charge in [-0.1, -0.05) is 159 Å². The molecule has 0 unspecified atom stereocenters. The van der Waals surface area contributed by atoms with Crippen molar-refractivity contribution in [2.45, 2.75) is 19.1 Å². The van der Waals surface area contributed by atoms with Crippen LogP contribution in [0.15, 0.2) is 219 Å². The summed E-state index contributed by atoms with van der Waals surface area (Å²) in [6.45, 7) is -5.89. The standard InChI is InChI=1S/C56H44N4O/c1-56(2,41-22-10-5-11-23-41)42-34-35-57-54(36-42)60-52-31-15-12-26-48(52)49-33-32-45(38-53(49)60)61-44-25-16-24-43(37-44)58-50-29-13-14-30-51(50)59-55-46(39-18-6-3-7-19-39)27-17-28-47(55)40-20-8-4-9-21-40/h3-38,58-59H,1-2H3/i1D3,2D3. The molecule has 8 aromatic carbocycles. The van der Waals surface area contributed by atoms with Crippen LogP contribution in [-0.4, -0.2) is 9.55 Å². The van der Waals surface area contributed by atoms with E-state index in [9.17, 15) is 0 Å². The molecule has 0 aliphatic heterocycles. The number of hydrogen-bond acceptors (Lipinski definition) is 4. The number of ether oxygens (including phenoxy) is 1. The smallest absolute Gasteiger partial charge is 0.137 e. The molecule has 5 heteroatoms. The lowest BCUT2D eigenvalue weighted by molar-refractivity contribution is 0.483. The molecule has 2 aromatic heterocycles. The van der Waals surface area contributed by atoms with Gasteiger partial charge in [-0.3, -0.25) is 4.57 Å². The van der Waals surface area contributed by atoms with Crippen LogP contribution in [0.3, 0.4) is 0 Å². The number of para-hydroxylation sites is 4. The molecule has 0 saturated heterocycles. The number of pyridine rings is 1. The normalized spacial score (nSPS) is 13.3. The molecule has 0 spiro atoms. The summed E-state index contributed by atoms with van der Waals surface area (Å²) in [5.74, 6) is 1.53. The van der Waals surface area contributed by atoms with Crippen molar-refractivity contribution in [1.82, 2.24) is 9.55 Å². The van der Waals surface area contributed by atoms with E-state index < -0.39 is 19.1 Å². The Bertz CT molecular complexity index is 3300. The summed E-state index contributed by atoms with van der Waals surface area (Å²) in [5.41, 5.74) is 7.45. The van der Waals surface area contributed by atoms with Crippen LogP contribution in [-0.2, 0) is 5.41 Å². The van der Waals surface area contributed by atoms with Gasteiger partial charge in [0, 0.05) is 59.6 Å². The SMILES string of the molecule is [2H]C([2H])([2H])C(c1ccccc1)(c1ccnc(-n2c3ccccc3c3ccc(Oc4cccc(Nc5ccccc5Nc5c(-c6ccccc6)cccc5-c5ccccc5)c4)cc32)c1)C([2H])([2H])[2H]. The van der Waals surface area contributed by atoms with E-state index in [0.29, 0.717) is 17.3 Å². The summed E-state index contributed by atoms with van der Waals surface area (Å²) in [7, 11) is 0. The molecule has 61 heavy (non-hydrogen) atoms. The van der Waals surface area contributed by atoms with E-state index in [0.717, 1.165) is 66.8 Å². The zero-order valence-electron chi connectivity index (χ0n) is 39.1. The lowest BCUT2D eigenvalue weighted by Crippen LogP contribution is -2.19. The van der Waals surface area contributed by atoms with Crippen LogP contribution in [0.4, 0.5) is 22.7 Å². The first-order chi connectivity index (χ1) is 32.5. The molecule has 2 N–H and O–H groups in total. The first-order valence-electron chi connectivity index (χ1n) is 23.2. The number of anilines is 4. The fourth-order valence-electron chi connectivity index (χ4n) is 8.06. The van der Waals surface area contributed by atoms with Gasteiger partial charge < -0.3 is 15.4 Å². The summed E-state index contributed by atoms with van der Waals surface area (Å²) in [5, 5.41) is 9.30. The van der Waals surface area contributed by atoms with Gasteiger partial charge in [0.25, 0.3) is 0 Å². The summed E-state index contributed by atoms with van der Waals surface area (Å²) in [4.78, 5) is 4.73. The molecule has 0 fully saturated rings. The summed E-state index contributed by atoms with van der Waals surface area (Å²) in [6.07, 6.45) is 1.48. The summed E-state index contributed by atoms with van der Waals surface area (Å²) >= 11 is 0. The molecule has 0 saturated carbocycles. The van der Waals surface area contributed by atoms with Crippen LogP contribution in [0, 0.1) is 0 Å². The highest BCUT2D eigenvalue weighted by Crippen LogP contribution is 2.42. The molecule has 0 radical (unpaired) electrons. The van der Waals surface area contributed by atoms with Crippen molar-refractivity contribution in [3.8, 4) is 39.6 Å². The molecular weight excluding hydrogens is 745 g/mol. The van der Waals surface area contributed by atoms with E-state index in [-0.39, 0.29) is 11.1 Å². The first-order valence-corrected chi connectivity index (χ1v) is 20.2. The molecule has 0 aliphatic rings. The Morgan fingerprint density at radius 3 is 1.82 bits per heavy atom. The van der Waals surface area contributed by atoms with Gasteiger partial charge >= 0.3 is 0 Å². The zero-order valence-corrected chi connectivity index (χ0v) is 33.1. The first kappa shape index (κ1) is 31.1. The van der Waals surface area contributed by atoms with Crippen LogP contribution in [0.1, 0.15) is 33.1 Å². The zero-order chi connectivity index (χ0) is 46.2. The van der Waals surface area contributed by atoms with Crippen molar-refractivity contribution < 1.29 is 13.0 Å². The molecule has 10 aromatic rings. The number of benzene rings is 8. The average Bonchev–Trinajstić information content (AvgIpc) is 3.66. The molecule has 0 bridgehead atoms. The third kappa shape index (κ3) is 7.38. The van der Waals surface area contributed by atoms with E-state index in [1.165, 1.54) is 12.3 Å². The molecular formula is C56H44N4O. The van der Waals surface area contributed by atoms with Gasteiger partial charge in [-0.25, -0.2) is 4.98 Å². The van der Waals surface area contributed by atoms with Gasteiger partial charge in [0.15, 0.2) is 0 Å². The highest BCUT2D eigenvalue weighted by Gasteiger charge is 2.24. The maximum absolute atomic E-state index is 8.74. The molecule has 0 amide bonds. The number of rotatable bonds is 11. The maximum Gasteiger partial charge on any atom is 0.137 e. The molecule has 5 nitrogen and oxygen atoms in total. The van der Waals surface area contributed by atoms with Gasteiger partial charge in [0.1, 0.15) is 17.3 Å². The van der Waals surface area contributed by atoms with Gasteiger partial charge in [-0.05, 0) is 76.9 Å². The Morgan fingerprint density at radius 2 is 1.10 bits per heavy atom. The van der Waals surface area contributed by atoms with Crippen LogP contribution in [0.25, 0.3) is 49.9 Å². The summed E-state index contributed by atoms with van der Waals surface area (Å²) in [6, 6.07) is 68.0. The average molecular weight is 795 g/mol. The van der Waals surface area contributed by atoms with Crippen molar-refractivity contribution in [3.05, 3.63) is 230 Å². The van der Waals surface area contributed by atoms with Gasteiger partial charge in [-0.15, -0.1) is 0 Å². The number of nitrogens with one attached hydrogen (secondary N) is 2. The van der Waals surface area contributed by atoms with Crippen molar-refractivity contribution in [2.24, 2.45) is 0 Å². The van der Waals surface area contributed by atoms with Crippen molar-refractivity contribution in [2.75, 3.05) is 10.6 Å². The topological polar surface area (TPSA) is 51.1 Å². The highest BCUT2D eigenvalue weighted by molar-refractivity contribution is 6.09. The molecule has 0 atom stereocenters. The Morgan fingerprint density at radius 1 is 0.492 bits per heavy atom. The fraction of sp³-hybridized carbons (Fsp3) is 0.0536. The van der Waals surface area contributed by atoms with Crippen LogP contribution in [0.2, 0.25) is 0 Å². The van der Waals surface area contributed by atoms with Crippen molar-refractivity contribution in [1.29, 1.82) is 0 Å². The highest BCUT2D eigenvalue weighted by atomic mass is 16.5. The van der Waals surface area contributed by atoms with Crippen LogP contribution >= 0.6 is 0 Å². The lowest BCUT2D eigenvalue weighted by atomic mass is 9.78. The third-order valence-electron chi connectivity index (χ3n) is 11.0. The van der Waals surface area contributed by atoms with Crippen LogP contribution < -0.4 is 15.4 Å². The molecule has 10 rings (SSSR count). The molecule has 0 aliphatic carbocycles. The Hall–Kier alpha value is -7.89. The predicted octanol–water partition coefficient (Wildman–Crippen LogP) is 15.1. The minimum Gasteiger partial charge on any atom is -0.457 e. The summed E-state index contributed by atoms with van der Waals surface area (Å²) < 4.78 is 61.0. The number of hydrogen-bond donors (Lipinski definition) is 2. The third-order valence-corrected chi connectivity index (χ3v) is 11.0. The Labute approximate surface area is 365 Å². The minimum absolute atomic E-state index is 0.111. The Balaban J connectivity index is 0.996. The van der Waals surface area contributed by atoms with E-state index in [2.05, 4.69) is 83.4 Å². The number of fused-ring (bicyclic) bond motifs is 3.